The molecule has 4 aromatic rings. The van der Waals surface area contributed by atoms with Crippen molar-refractivity contribution in [3.05, 3.63) is 62.9 Å². The van der Waals surface area contributed by atoms with Gasteiger partial charge in [0, 0.05) is 30.7 Å². The second-order valence-corrected chi connectivity index (χ2v) is 9.23. The summed E-state index contributed by atoms with van der Waals surface area (Å²) in [7, 11) is 0. The van der Waals surface area contributed by atoms with Crippen LogP contribution in [0.4, 0.5) is 10.3 Å². The van der Waals surface area contributed by atoms with Gasteiger partial charge in [-0.3, -0.25) is 19.1 Å². The van der Waals surface area contributed by atoms with E-state index >= 15 is 0 Å². The van der Waals surface area contributed by atoms with Crippen LogP contribution < -0.4 is 21.8 Å². The molecular formula is C27H27FN8O2. The number of rotatable bonds is 6. The van der Waals surface area contributed by atoms with E-state index in [0.29, 0.717) is 19.0 Å². The lowest BCUT2D eigenvalue weighted by Gasteiger charge is -2.31. The van der Waals surface area contributed by atoms with Gasteiger partial charge in [-0.1, -0.05) is 30.2 Å². The highest BCUT2D eigenvalue weighted by atomic mass is 19.1. The number of hydrogen-bond donors (Lipinski definition) is 1. The van der Waals surface area contributed by atoms with Gasteiger partial charge in [-0.15, -0.1) is 5.92 Å². The maximum atomic E-state index is 14.1. The zero-order valence-corrected chi connectivity index (χ0v) is 21.0. The Morgan fingerprint density at radius 1 is 1.24 bits per heavy atom. The molecule has 1 saturated heterocycles. The number of halogens is 1. The minimum Gasteiger partial charge on any atom is -0.341 e. The number of nitriles is 1. The molecule has 0 radical (unpaired) electrons. The van der Waals surface area contributed by atoms with Crippen LogP contribution >= 0.6 is 0 Å². The number of imidazole rings is 1. The van der Waals surface area contributed by atoms with Crippen molar-refractivity contribution < 1.29 is 4.39 Å². The van der Waals surface area contributed by atoms with E-state index < -0.39 is 30.4 Å². The van der Waals surface area contributed by atoms with Crippen molar-refractivity contribution in [1.82, 2.24) is 23.9 Å². The molecule has 4 heterocycles. The first kappa shape index (κ1) is 25.2. The summed E-state index contributed by atoms with van der Waals surface area (Å²) in [5.74, 6) is 6.19. The van der Waals surface area contributed by atoms with E-state index in [-0.39, 0.29) is 29.3 Å². The number of piperidine rings is 1. The Bertz CT molecular complexity index is 1740. The van der Waals surface area contributed by atoms with Crippen molar-refractivity contribution in [3.63, 3.8) is 0 Å². The fraction of sp³-hybridized carbons (Fsp3) is 0.370. The summed E-state index contributed by atoms with van der Waals surface area (Å²) in [5, 5.41) is 11.9. The lowest BCUT2D eigenvalue weighted by Crippen LogP contribution is -2.44. The van der Waals surface area contributed by atoms with Crippen molar-refractivity contribution in [2.75, 3.05) is 24.7 Å². The van der Waals surface area contributed by atoms with Gasteiger partial charge >= 0.3 is 0 Å². The van der Waals surface area contributed by atoms with Crippen LogP contribution in [0.3, 0.4) is 0 Å². The van der Waals surface area contributed by atoms with Gasteiger partial charge in [0.2, 0.25) is 5.95 Å². The summed E-state index contributed by atoms with van der Waals surface area (Å²) in [4.78, 5) is 38.7. The van der Waals surface area contributed by atoms with Crippen LogP contribution in [-0.4, -0.2) is 49.7 Å². The number of alkyl halides is 1. The zero-order valence-electron chi connectivity index (χ0n) is 21.0. The summed E-state index contributed by atoms with van der Waals surface area (Å²) >= 11 is 0. The number of pyridine rings is 1. The summed E-state index contributed by atoms with van der Waals surface area (Å²) in [6.45, 7) is 1.63. The Morgan fingerprint density at radius 3 is 2.74 bits per heavy atom. The number of fused-ring (bicyclic) bond motifs is 2. The average molecular weight is 515 g/mol. The molecule has 2 atom stereocenters. The number of hydrogen-bond acceptors (Lipinski definition) is 7. The van der Waals surface area contributed by atoms with Crippen LogP contribution in [0.25, 0.3) is 21.8 Å². The quantitative estimate of drug-likeness (QED) is 0.390. The van der Waals surface area contributed by atoms with Crippen LogP contribution in [0.5, 0.6) is 0 Å². The van der Waals surface area contributed by atoms with E-state index in [0.717, 1.165) is 33.0 Å². The number of benzene rings is 1. The predicted molar refractivity (Wildman–Crippen MR) is 143 cm³/mol. The van der Waals surface area contributed by atoms with Crippen molar-refractivity contribution in [1.29, 1.82) is 5.26 Å². The normalized spacial score (nSPS) is 16.3. The van der Waals surface area contributed by atoms with Gasteiger partial charge in [-0.2, -0.15) is 5.26 Å². The topological polar surface area (TPSA) is 128 Å². The van der Waals surface area contributed by atoms with Crippen molar-refractivity contribution in [3.8, 4) is 17.9 Å². The maximum absolute atomic E-state index is 14.1. The molecule has 0 aliphatic carbocycles. The van der Waals surface area contributed by atoms with Crippen molar-refractivity contribution in [2.24, 2.45) is 5.73 Å². The molecule has 0 amide bonds. The molecule has 1 aliphatic heterocycles. The van der Waals surface area contributed by atoms with E-state index in [4.69, 9.17) is 5.73 Å². The number of nitrogens with zero attached hydrogens (tertiary/aromatic N) is 7. The SMILES string of the molecule is CC#CCn1c(N2CCCC(N)C2)nc2c(=O)n(CCF)n(C(C#N)c3cc4ccccc4cn3)c(=O)c21. The van der Waals surface area contributed by atoms with Gasteiger partial charge in [-0.05, 0) is 31.2 Å². The highest BCUT2D eigenvalue weighted by Crippen LogP contribution is 2.24. The molecule has 10 nitrogen and oxygen atoms in total. The molecule has 1 aliphatic rings. The molecular weight excluding hydrogens is 487 g/mol. The highest BCUT2D eigenvalue weighted by molar-refractivity contribution is 5.82. The van der Waals surface area contributed by atoms with Crippen LogP contribution in [0, 0.1) is 23.2 Å². The van der Waals surface area contributed by atoms with Gasteiger partial charge in [0.05, 0.1) is 24.9 Å². The second-order valence-electron chi connectivity index (χ2n) is 9.23. The Balaban J connectivity index is 1.79. The van der Waals surface area contributed by atoms with Gasteiger partial charge in [0.25, 0.3) is 11.1 Å². The average Bonchev–Trinajstić information content (AvgIpc) is 3.32. The standard InChI is InChI=1S/C27H27FN8O2/c1-2-3-12-34-24-23(32-27(34)33-11-6-9-20(30)17-33)25(37)35(13-10-28)36(26(24)38)22(15-29)21-14-18-7-4-5-8-19(18)16-31-21/h4-5,7-8,14,16,20,22H,6,9-13,17,30H2,1H3. The molecule has 0 spiro atoms. The van der Waals surface area contributed by atoms with E-state index in [1.807, 2.05) is 29.2 Å². The first-order chi connectivity index (χ1) is 18.5. The van der Waals surface area contributed by atoms with E-state index in [9.17, 15) is 19.2 Å². The fourth-order valence-corrected chi connectivity index (χ4v) is 5.03. The monoisotopic (exact) mass is 514 g/mol. The fourth-order valence-electron chi connectivity index (χ4n) is 5.03. The maximum Gasteiger partial charge on any atom is 0.293 e. The van der Waals surface area contributed by atoms with Crippen LogP contribution in [0.2, 0.25) is 0 Å². The third kappa shape index (κ3) is 4.31. The number of anilines is 1. The Labute approximate surface area is 217 Å². The molecule has 194 valence electrons. The molecule has 1 fully saturated rings. The molecule has 5 rings (SSSR count). The molecule has 0 bridgehead atoms. The third-order valence-corrected chi connectivity index (χ3v) is 6.81. The summed E-state index contributed by atoms with van der Waals surface area (Å²) in [5.41, 5.74) is 5.08. The Kier molecular flexibility index (Phi) is 6.95. The summed E-state index contributed by atoms with van der Waals surface area (Å²) in [6.07, 6.45) is 3.31. The number of nitrogens with two attached hydrogens (primary N) is 1. The van der Waals surface area contributed by atoms with E-state index in [1.54, 1.807) is 23.8 Å². The smallest absolute Gasteiger partial charge is 0.293 e. The van der Waals surface area contributed by atoms with Gasteiger partial charge in [0.1, 0.15) is 12.2 Å². The molecule has 11 heteroatoms. The van der Waals surface area contributed by atoms with Crippen LogP contribution in [0.15, 0.2) is 46.1 Å². The lowest BCUT2D eigenvalue weighted by molar-refractivity contribution is 0.355. The Morgan fingerprint density at radius 2 is 2.03 bits per heavy atom. The molecule has 38 heavy (non-hydrogen) atoms. The van der Waals surface area contributed by atoms with Crippen LogP contribution in [0.1, 0.15) is 31.5 Å². The van der Waals surface area contributed by atoms with Gasteiger partial charge in [0.15, 0.2) is 11.6 Å². The van der Waals surface area contributed by atoms with Crippen LogP contribution in [-0.2, 0) is 13.1 Å². The molecule has 3 aromatic heterocycles. The minimum atomic E-state index is -1.27. The predicted octanol–water partition coefficient (Wildman–Crippen LogP) is 1.94. The van der Waals surface area contributed by atoms with Crippen molar-refractivity contribution >= 4 is 27.8 Å². The molecule has 0 saturated carbocycles. The van der Waals surface area contributed by atoms with E-state index in [1.165, 1.54) is 0 Å². The molecule has 2 N–H and O–H groups in total. The number of aromatic nitrogens is 5. The first-order valence-corrected chi connectivity index (χ1v) is 12.4. The first-order valence-electron chi connectivity index (χ1n) is 12.4. The minimum absolute atomic E-state index is 0.0167. The summed E-state index contributed by atoms with van der Waals surface area (Å²) < 4.78 is 17.3. The molecule has 2 unspecified atom stereocenters. The summed E-state index contributed by atoms with van der Waals surface area (Å²) in [6, 6.07) is 9.92. The second kappa shape index (κ2) is 10.5. The highest BCUT2D eigenvalue weighted by Gasteiger charge is 2.29. The van der Waals surface area contributed by atoms with Crippen molar-refractivity contribution in [2.45, 2.75) is 44.9 Å². The van der Waals surface area contributed by atoms with E-state index in [2.05, 4.69) is 27.9 Å². The van der Waals surface area contributed by atoms with Gasteiger partial charge < -0.3 is 10.6 Å². The molecule has 1 aromatic carbocycles. The lowest BCUT2D eigenvalue weighted by atomic mass is 10.1. The third-order valence-electron chi connectivity index (χ3n) is 6.81. The largest absolute Gasteiger partial charge is 0.341 e. The van der Waals surface area contributed by atoms with Gasteiger partial charge in [-0.25, -0.2) is 18.7 Å². The zero-order chi connectivity index (χ0) is 26.8. The Hall–Kier alpha value is -4.48.